The van der Waals surface area contributed by atoms with E-state index in [9.17, 15) is 9.59 Å². The van der Waals surface area contributed by atoms with Crippen LogP contribution in [0.15, 0.2) is 42.5 Å². The number of thiophene rings is 1. The lowest BCUT2D eigenvalue weighted by molar-refractivity contribution is -0.134. The first-order valence-corrected chi connectivity index (χ1v) is 12.9. The molecule has 0 aliphatic carbocycles. The number of amides is 2. The Morgan fingerprint density at radius 3 is 2.47 bits per heavy atom. The summed E-state index contributed by atoms with van der Waals surface area (Å²) in [6.45, 7) is 6.61. The van der Waals surface area contributed by atoms with E-state index >= 15 is 0 Å². The van der Waals surface area contributed by atoms with Gasteiger partial charge in [0.2, 0.25) is 5.91 Å². The van der Waals surface area contributed by atoms with Crippen LogP contribution in [0.3, 0.4) is 0 Å². The van der Waals surface area contributed by atoms with Crippen LogP contribution < -0.4 is 15.5 Å². The minimum atomic E-state index is -0.377. The van der Waals surface area contributed by atoms with Gasteiger partial charge in [-0.2, -0.15) is 0 Å². The Morgan fingerprint density at radius 1 is 1.06 bits per heavy atom. The second-order valence-corrected chi connectivity index (χ2v) is 10.6. The molecule has 0 radical (unpaired) electrons. The van der Waals surface area contributed by atoms with Crippen molar-refractivity contribution in [3.8, 4) is 0 Å². The number of nitrogens with zero attached hydrogens (tertiary/aromatic N) is 2. The van der Waals surface area contributed by atoms with Gasteiger partial charge in [-0.1, -0.05) is 55.2 Å². The van der Waals surface area contributed by atoms with E-state index in [0.717, 1.165) is 34.6 Å². The number of para-hydroxylation sites is 2. The van der Waals surface area contributed by atoms with Crippen LogP contribution in [0.5, 0.6) is 0 Å². The molecule has 1 aliphatic heterocycles. The second kappa shape index (κ2) is 10.5. The molecule has 2 aromatic carbocycles. The molecule has 1 aromatic heterocycles. The molecule has 3 aromatic rings. The third-order valence-corrected chi connectivity index (χ3v) is 7.70. The van der Waals surface area contributed by atoms with E-state index in [0.29, 0.717) is 28.0 Å². The van der Waals surface area contributed by atoms with Crippen LogP contribution >= 0.6 is 46.8 Å². The van der Waals surface area contributed by atoms with Gasteiger partial charge in [-0.05, 0) is 36.5 Å². The smallest absolute Gasteiger partial charge is 0.269 e. The van der Waals surface area contributed by atoms with Crippen LogP contribution in [0, 0.1) is 5.92 Å². The van der Waals surface area contributed by atoms with Crippen LogP contribution in [-0.2, 0) is 4.79 Å². The molecule has 0 saturated carbocycles. The van der Waals surface area contributed by atoms with Gasteiger partial charge in [0, 0.05) is 47.2 Å². The maximum atomic E-state index is 12.9. The lowest BCUT2D eigenvalue weighted by Crippen LogP contribution is -2.50. The van der Waals surface area contributed by atoms with Gasteiger partial charge in [-0.3, -0.25) is 14.9 Å². The minimum absolute atomic E-state index is 0.00656. The first kappa shape index (κ1) is 24.7. The van der Waals surface area contributed by atoms with Crippen molar-refractivity contribution in [2.45, 2.75) is 13.8 Å². The van der Waals surface area contributed by atoms with Gasteiger partial charge < -0.3 is 15.1 Å². The van der Waals surface area contributed by atoms with Crippen molar-refractivity contribution in [2.75, 3.05) is 36.4 Å². The van der Waals surface area contributed by atoms with Gasteiger partial charge in [0.1, 0.15) is 4.88 Å². The van der Waals surface area contributed by atoms with E-state index in [1.54, 1.807) is 18.2 Å². The Kier molecular flexibility index (Phi) is 7.62. The number of benzene rings is 2. The molecule has 2 amide bonds. The highest BCUT2D eigenvalue weighted by Gasteiger charge is 2.24. The number of thiocarbonyl (C=S) groups is 1. The summed E-state index contributed by atoms with van der Waals surface area (Å²) >= 11 is 19.2. The Hall–Kier alpha value is -2.39. The summed E-state index contributed by atoms with van der Waals surface area (Å²) in [5.74, 6) is -0.205. The van der Waals surface area contributed by atoms with Crippen molar-refractivity contribution < 1.29 is 9.59 Å². The summed E-state index contributed by atoms with van der Waals surface area (Å²) in [6.07, 6.45) is 0. The zero-order chi connectivity index (χ0) is 24.4. The minimum Gasteiger partial charge on any atom is -0.366 e. The fourth-order valence-corrected chi connectivity index (χ4v) is 5.78. The molecule has 6 nitrogen and oxygen atoms in total. The van der Waals surface area contributed by atoms with E-state index in [1.807, 2.05) is 43.0 Å². The number of piperazine rings is 1. The van der Waals surface area contributed by atoms with E-state index in [2.05, 4.69) is 15.5 Å². The predicted molar refractivity (Wildman–Crippen MR) is 146 cm³/mol. The maximum absolute atomic E-state index is 12.9. The van der Waals surface area contributed by atoms with Gasteiger partial charge >= 0.3 is 0 Å². The summed E-state index contributed by atoms with van der Waals surface area (Å²) in [5, 5.41) is 7.79. The highest BCUT2D eigenvalue weighted by molar-refractivity contribution is 7.80. The lowest BCUT2D eigenvalue weighted by atomic mass is 10.1. The second-order valence-electron chi connectivity index (χ2n) is 8.28. The number of halogens is 2. The van der Waals surface area contributed by atoms with E-state index in [4.69, 9.17) is 35.4 Å². The Bertz CT molecular complexity index is 1250. The zero-order valence-electron chi connectivity index (χ0n) is 18.7. The molecular formula is C24H24Cl2N4O2S2. The molecule has 0 atom stereocenters. The first-order chi connectivity index (χ1) is 16.2. The van der Waals surface area contributed by atoms with Crippen LogP contribution in [0.2, 0.25) is 10.0 Å². The van der Waals surface area contributed by atoms with Crippen molar-refractivity contribution in [3.05, 3.63) is 57.4 Å². The van der Waals surface area contributed by atoms with Gasteiger partial charge in [0.25, 0.3) is 5.91 Å². The van der Waals surface area contributed by atoms with Crippen LogP contribution in [0.25, 0.3) is 10.1 Å². The average Bonchev–Trinajstić information content (AvgIpc) is 3.14. The summed E-state index contributed by atoms with van der Waals surface area (Å²) in [7, 11) is 0. The molecule has 0 spiro atoms. The zero-order valence-corrected chi connectivity index (χ0v) is 21.9. The van der Waals surface area contributed by atoms with E-state index in [1.165, 1.54) is 11.3 Å². The number of rotatable bonds is 4. The van der Waals surface area contributed by atoms with Gasteiger partial charge in [0.15, 0.2) is 5.11 Å². The molecule has 34 heavy (non-hydrogen) atoms. The third-order valence-electron chi connectivity index (χ3n) is 5.60. The fraction of sp³-hybridized carbons (Fsp3) is 0.292. The molecule has 1 aliphatic rings. The first-order valence-electron chi connectivity index (χ1n) is 10.9. The molecule has 10 heteroatoms. The number of fused-ring (bicyclic) bond motifs is 1. The highest BCUT2D eigenvalue weighted by atomic mass is 35.5. The number of anilines is 2. The van der Waals surface area contributed by atoms with Crippen molar-refractivity contribution in [3.63, 3.8) is 0 Å². The number of hydrogen-bond donors (Lipinski definition) is 2. The quantitative estimate of drug-likeness (QED) is 0.424. The average molecular weight is 536 g/mol. The fourth-order valence-electron chi connectivity index (χ4n) is 3.89. The summed E-state index contributed by atoms with van der Waals surface area (Å²) in [5.41, 5.74) is 1.75. The number of hydrogen-bond acceptors (Lipinski definition) is 5. The van der Waals surface area contributed by atoms with Crippen molar-refractivity contribution in [1.82, 2.24) is 10.2 Å². The summed E-state index contributed by atoms with van der Waals surface area (Å²) < 4.78 is 0.835. The normalized spacial score (nSPS) is 13.9. The third kappa shape index (κ3) is 5.30. The van der Waals surface area contributed by atoms with Crippen molar-refractivity contribution in [1.29, 1.82) is 0 Å². The monoisotopic (exact) mass is 534 g/mol. The molecule has 0 bridgehead atoms. The molecule has 4 rings (SSSR count). The van der Waals surface area contributed by atoms with Crippen LogP contribution in [-0.4, -0.2) is 48.0 Å². The molecule has 1 fully saturated rings. The number of carbonyl (C=O) groups is 2. The topological polar surface area (TPSA) is 64.7 Å². The van der Waals surface area contributed by atoms with Crippen LogP contribution in [0.1, 0.15) is 23.5 Å². The maximum Gasteiger partial charge on any atom is 0.269 e. The molecule has 1 saturated heterocycles. The van der Waals surface area contributed by atoms with Crippen molar-refractivity contribution in [2.24, 2.45) is 5.92 Å². The molecular weight excluding hydrogens is 511 g/mol. The number of carbonyl (C=O) groups excluding carboxylic acids is 2. The Labute approximate surface area is 217 Å². The number of nitrogens with one attached hydrogen (secondary N) is 2. The van der Waals surface area contributed by atoms with Gasteiger partial charge in [0.05, 0.1) is 16.4 Å². The van der Waals surface area contributed by atoms with Gasteiger partial charge in [-0.25, -0.2) is 0 Å². The van der Waals surface area contributed by atoms with Gasteiger partial charge in [-0.15, -0.1) is 11.3 Å². The molecule has 0 unspecified atom stereocenters. The summed E-state index contributed by atoms with van der Waals surface area (Å²) in [6, 6.07) is 13.1. The molecule has 178 valence electrons. The highest BCUT2D eigenvalue weighted by Crippen LogP contribution is 2.36. The van der Waals surface area contributed by atoms with E-state index in [-0.39, 0.29) is 22.8 Å². The SMILES string of the molecule is CC(C)C(=O)N1CCN(c2ccccc2NC(=S)NC(=O)c2sc3cc(Cl)ccc3c2Cl)CC1. The lowest BCUT2D eigenvalue weighted by Gasteiger charge is -2.37. The Morgan fingerprint density at radius 2 is 1.76 bits per heavy atom. The molecule has 2 heterocycles. The van der Waals surface area contributed by atoms with Crippen molar-refractivity contribution >= 4 is 85.1 Å². The molecule has 2 N–H and O–H groups in total. The largest absolute Gasteiger partial charge is 0.366 e. The van der Waals surface area contributed by atoms with E-state index < -0.39 is 0 Å². The summed E-state index contributed by atoms with van der Waals surface area (Å²) in [4.78, 5) is 29.7. The standard InChI is InChI=1S/C24H24Cl2N4O2S2/c1-14(2)23(32)30-11-9-29(10-12-30)18-6-4-3-5-17(18)27-24(33)28-22(31)21-20(26)16-8-7-15(25)13-19(16)34-21/h3-8,13-14H,9-12H2,1-2H3,(H2,27,28,31,33). The van der Waals surface area contributed by atoms with Crippen LogP contribution in [0.4, 0.5) is 11.4 Å². The predicted octanol–water partition coefficient (Wildman–Crippen LogP) is 5.64. The Balaban J connectivity index is 1.43.